The summed E-state index contributed by atoms with van der Waals surface area (Å²) in [6.45, 7) is 2.20. The monoisotopic (exact) mass is 290 g/mol. The van der Waals surface area contributed by atoms with E-state index in [4.69, 9.17) is 0 Å². The van der Waals surface area contributed by atoms with Gasteiger partial charge in [-0.1, -0.05) is 6.92 Å². The van der Waals surface area contributed by atoms with Crippen molar-refractivity contribution in [2.75, 3.05) is 0 Å². The molecule has 0 amide bonds. The Morgan fingerprint density at radius 1 is 1.24 bits per heavy atom. The normalized spacial score (nSPS) is 52.0. The number of carbonyl (C=O) groups excluding carboxylic acids is 1. The van der Waals surface area contributed by atoms with E-state index < -0.39 is 5.67 Å². The smallest absolute Gasteiger partial charge is 0.178 e. The highest BCUT2D eigenvalue weighted by Crippen LogP contribution is 2.62. The molecule has 1 N–H and O–H groups in total. The van der Waals surface area contributed by atoms with Crippen LogP contribution in [0.3, 0.4) is 0 Å². The first-order chi connectivity index (χ1) is 9.95. The van der Waals surface area contributed by atoms with Crippen molar-refractivity contribution in [2.45, 2.75) is 57.2 Å². The minimum absolute atomic E-state index is 0.00905. The van der Waals surface area contributed by atoms with E-state index in [1.807, 2.05) is 0 Å². The fourth-order valence-electron chi connectivity index (χ4n) is 5.77. The molecule has 21 heavy (non-hydrogen) atoms. The molecule has 0 aromatic carbocycles. The topological polar surface area (TPSA) is 37.3 Å². The van der Waals surface area contributed by atoms with Crippen molar-refractivity contribution < 1.29 is 14.3 Å². The molecule has 4 aliphatic rings. The van der Waals surface area contributed by atoms with Crippen LogP contribution in [0, 0.1) is 23.2 Å². The molecule has 3 fully saturated rings. The molecule has 0 aliphatic heterocycles. The number of aliphatic hydroxyl groups is 1. The molecule has 0 bridgehead atoms. The standard InChI is InChI=1S/C18H23FO2/c1-17-8-7-15-13(14(17)4-5-16(17)21)3-2-11-10-12(20)6-9-18(11,15)19/h6,9-10,13-16,21H,2-5,7-8H2,1H3. The number of fused-ring (bicyclic) bond motifs is 5. The van der Waals surface area contributed by atoms with Crippen LogP contribution in [-0.4, -0.2) is 22.7 Å². The maximum Gasteiger partial charge on any atom is 0.178 e. The first-order valence-electron chi connectivity index (χ1n) is 8.26. The van der Waals surface area contributed by atoms with Crippen LogP contribution in [0.25, 0.3) is 0 Å². The molecule has 0 spiro atoms. The van der Waals surface area contributed by atoms with E-state index in [2.05, 4.69) is 6.92 Å². The van der Waals surface area contributed by atoms with Gasteiger partial charge in [-0.15, -0.1) is 0 Å². The number of rotatable bonds is 0. The van der Waals surface area contributed by atoms with Crippen molar-refractivity contribution in [1.82, 2.24) is 0 Å². The summed E-state index contributed by atoms with van der Waals surface area (Å²) in [5.74, 6) is 0.700. The van der Waals surface area contributed by atoms with Gasteiger partial charge in [-0.25, -0.2) is 4.39 Å². The fourth-order valence-corrected chi connectivity index (χ4v) is 5.77. The number of allylic oxidation sites excluding steroid dienone is 4. The largest absolute Gasteiger partial charge is 0.393 e. The Hall–Kier alpha value is -0.960. The summed E-state index contributed by atoms with van der Waals surface area (Å²) >= 11 is 0. The van der Waals surface area contributed by atoms with E-state index in [-0.39, 0.29) is 23.2 Å². The van der Waals surface area contributed by atoms with Crippen LogP contribution in [0.4, 0.5) is 4.39 Å². The molecule has 4 rings (SSSR count). The Labute approximate surface area is 125 Å². The first kappa shape index (κ1) is 13.7. The van der Waals surface area contributed by atoms with Crippen molar-refractivity contribution >= 4 is 5.78 Å². The van der Waals surface area contributed by atoms with Gasteiger partial charge in [0.15, 0.2) is 11.5 Å². The molecule has 0 aromatic heterocycles. The second-order valence-electron chi connectivity index (χ2n) is 7.73. The lowest BCUT2D eigenvalue weighted by Gasteiger charge is -2.54. The predicted octanol–water partition coefficient (Wildman–Crippen LogP) is 3.36. The summed E-state index contributed by atoms with van der Waals surface area (Å²) in [4.78, 5) is 11.5. The molecule has 2 nitrogen and oxygen atoms in total. The third-order valence-corrected chi connectivity index (χ3v) is 6.97. The van der Waals surface area contributed by atoms with E-state index in [1.165, 1.54) is 18.2 Å². The van der Waals surface area contributed by atoms with Crippen LogP contribution in [0.15, 0.2) is 23.8 Å². The third-order valence-electron chi connectivity index (χ3n) is 6.97. The minimum Gasteiger partial charge on any atom is -0.393 e. The maximum absolute atomic E-state index is 15.6. The zero-order valence-corrected chi connectivity index (χ0v) is 12.5. The van der Waals surface area contributed by atoms with Gasteiger partial charge < -0.3 is 5.11 Å². The number of ketones is 1. The molecule has 6 unspecified atom stereocenters. The summed E-state index contributed by atoms with van der Waals surface area (Å²) in [6.07, 6.45) is 9.50. The summed E-state index contributed by atoms with van der Waals surface area (Å²) in [5, 5.41) is 10.3. The Morgan fingerprint density at radius 2 is 2.05 bits per heavy atom. The molecule has 3 heteroatoms. The number of hydrogen-bond acceptors (Lipinski definition) is 2. The Bertz CT molecular complexity index is 551. The zero-order chi connectivity index (χ0) is 14.8. The van der Waals surface area contributed by atoms with E-state index >= 15 is 4.39 Å². The van der Waals surface area contributed by atoms with Gasteiger partial charge in [-0.05, 0) is 79.6 Å². The van der Waals surface area contributed by atoms with Crippen LogP contribution in [0.5, 0.6) is 0 Å². The van der Waals surface area contributed by atoms with Crippen molar-refractivity contribution in [3.05, 3.63) is 23.8 Å². The molecular weight excluding hydrogens is 267 g/mol. The highest BCUT2D eigenvalue weighted by molar-refractivity contribution is 6.01. The van der Waals surface area contributed by atoms with Gasteiger partial charge in [-0.3, -0.25) is 4.79 Å². The highest BCUT2D eigenvalue weighted by Gasteiger charge is 2.59. The number of carbonyl (C=O) groups is 1. The van der Waals surface area contributed by atoms with Gasteiger partial charge in [0.1, 0.15) is 0 Å². The molecule has 3 saturated carbocycles. The van der Waals surface area contributed by atoms with Crippen molar-refractivity contribution in [3.63, 3.8) is 0 Å². The number of hydrogen-bond donors (Lipinski definition) is 1. The molecule has 6 atom stereocenters. The highest BCUT2D eigenvalue weighted by atomic mass is 19.1. The summed E-state index contributed by atoms with van der Waals surface area (Å²) in [6, 6.07) is 0. The van der Waals surface area contributed by atoms with Gasteiger partial charge in [0.25, 0.3) is 0 Å². The van der Waals surface area contributed by atoms with Crippen molar-refractivity contribution in [1.29, 1.82) is 0 Å². The summed E-state index contributed by atoms with van der Waals surface area (Å²) in [5.41, 5.74) is -0.739. The summed E-state index contributed by atoms with van der Waals surface area (Å²) in [7, 11) is 0. The number of alkyl halides is 1. The lowest BCUT2D eigenvalue weighted by Crippen LogP contribution is -2.52. The molecule has 0 heterocycles. The van der Waals surface area contributed by atoms with E-state index in [0.29, 0.717) is 23.8 Å². The average molecular weight is 290 g/mol. The van der Waals surface area contributed by atoms with Crippen LogP contribution in [0.2, 0.25) is 0 Å². The lowest BCUT2D eigenvalue weighted by atomic mass is 9.52. The zero-order valence-electron chi connectivity index (χ0n) is 12.5. The number of halogens is 1. The van der Waals surface area contributed by atoms with Gasteiger partial charge in [0.05, 0.1) is 6.10 Å². The lowest BCUT2D eigenvalue weighted by molar-refractivity contribution is -0.111. The van der Waals surface area contributed by atoms with Gasteiger partial charge >= 0.3 is 0 Å². The minimum atomic E-state index is -1.41. The van der Waals surface area contributed by atoms with Crippen LogP contribution in [-0.2, 0) is 4.79 Å². The predicted molar refractivity (Wildman–Crippen MR) is 78.4 cm³/mol. The second kappa shape index (κ2) is 4.28. The molecular formula is C18H23FO2. The van der Waals surface area contributed by atoms with Crippen LogP contribution < -0.4 is 0 Å². The number of aliphatic hydroxyl groups excluding tert-OH is 1. The van der Waals surface area contributed by atoms with Gasteiger partial charge in [-0.2, -0.15) is 0 Å². The Kier molecular flexibility index (Phi) is 2.79. The van der Waals surface area contributed by atoms with Crippen LogP contribution in [0.1, 0.15) is 45.4 Å². The van der Waals surface area contributed by atoms with Gasteiger partial charge in [0, 0.05) is 5.92 Å². The maximum atomic E-state index is 15.6. The SMILES string of the molecule is CC12CCC3C(CCC4=CC(=O)C=CC43F)C1CCC2O. The third kappa shape index (κ3) is 1.70. The van der Waals surface area contributed by atoms with Crippen molar-refractivity contribution in [2.24, 2.45) is 23.2 Å². The quantitative estimate of drug-likeness (QED) is 0.743. The molecule has 0 saturated heterocycles. The first-order valence-corrected chi connectivity index (χ1v) is 8.26. The van der Waals surface area contributed by atoms with E-state index in [9.17, 15) is 9.90 Å². The van der Waals surface area contributed by atoms with Crippen molar-refractivity contribution in [3.8, 4) is 0 Å². The fraction of sp³-hybridized carbons (Fsp3) is 0.722. The van der Waals surface area contributed by atoms with E-state index in [1.54, 1.807) is 0 Å². The second-order valence-corrected chi connectivity index (χ2v) is 7.73. The summed E-state index contributed by atoms with van der Waals surface area (Å²) < 4.78 is 15.6. The molecule has 4 aliphatic carbocycles. The van der Waals surface area contributed by atoms with Crippen LogP contribution >= 0.6 is 0 Å². The van der Waals surface area contributed by atoms with E-state index in [0.717, 1.165) is 32.1 Å². The molecule has 0 radical (unpaired) electrons. The average Bonchev–Trinajstić information content (AvgIpc) is 2.76. The molecule has 0 aromatic rings. The van der Waals surface area contributed by atoms with Gasteiger partial charge in [0.2, 0.25) is 0 Å². The Morgan fingerprint density at radius 3 is 2.86 bits per heavy atom. The Balaban J connectivity index is 1.70. The molecule has 114 valence electrons.